The van der Waals surface area contributed by atoms with Crippen molar-refractivity contribution in [3.63, 3.8) is 0 Å². The lowest BCUT2D eigenvalue weighted by Crippen LogP contribution is -2.39. The topological polar surface area (TPSA) is 36.4 Å². The van der Waals surface area contributed by atoms with Gasteiger partial charge < -0.3 is 4.90 Å². The molecule has 5 heteroatoms. The van der Waals surface area contributed by atoms with Crippen molar-refractivity contribution in [2.75, 3.05) is 20.6 Å². The molecule has 0 radical (unpaired) electrons. The van der Waals surface area contributed by atoms with Crippen LogP contribution in [0.15, 0.2) is 48.8 Å². The quantitative estimate of drug-likeness (QED) is 0.818. The van der Waals surface area contributed by atoms with Crippen LogP contribution in [0, 0.1) is 5.82 Å². The maximum Gasteiger partial charge on any atom is 0.236 e. The molecular formula is C19H22FN3O. The Labute approximate surface area is 141 Å². The van der Waals surface area contributed by atoms with E-state index in [4.69, 9.17) is 0 Å². The van der Waals surface area contributed by atoms with Gasteiger partial charge in [0.2, 0.25) is 5.91 Å². The van der Waals surface area contributed by atoms with Gasteiger partial charge in [0.1, 0.15) is 5.82 Å². The van der Waals surface area contributed by atoms with Gasteiger partial charge in [-0.3, -0.25) is 14.7 Å². The van der Waals surface area contributed by atoms with Crippen LogP contribution >= 0.6 is 0 Å². The van der Waals surface area contributed by atoms with Crippen LogP contribution in [0.3, 0.4) is 0 Å². The Kier molecular flexibility index (Phi) is 4.90. The van der Waals surface area contributed by atoms with E-state index < -0.39 is 0 Å². The normalized spacial score (nSPS) is 15.3. The van der Waals surface area contributed by atoms with E-state index >= 15 is 0 Å². The van der Waals surface area contributed by atoms with Crippen molar-refractivity contribution in [1.82, 2.24) is 14.8 Å². The van der Waals surface area contributed by atoms with Crippen LogP contribution in [-0.4, -0.2) is 47.4 Å². The van der Waals surface area contributed by atoms with Crippen molar-refractivity contribution in [2.24, 2.45) is 0 Å². The molecule has 1 saturated carbocycles. The average molecular weight is 327 g/mol. The Morgan fingerprint density at radius 2 is 1.92 bits per heavy atom. The third kappa shape index (κ3) is 3.79. The van der Waals surface area contributed by atoms with E-state index in [1.165, 1.54) is 12.1 Å². The smallest absolute Gasteiger partial charge is 0.236 e. The highest BCUT2D eigenvalue weighted by Gasteiger charge is 2.31. The minimum absolute atomic E-state index is 0.107. The van der Waals surface area contributed by atoms with Crippen LogP contribution in [0.4, 0.5) is 4.39 Å². The molecule has 0 N–H and O–H groups in total. The maximum absolute atomic E-state index is 13.3. The molecule has 1 amide bonds. The van der Waals surface area contributed by atoms with E-state index in [0.29, 0.717) is 12.6 Å². The minimum Gasteiger partial charge on any atom is -0.342 e. The summed E-state index contributed by atoms with van der Waals surface area (Å²) >= 11 is 0. The summed E-state index contributed by atoms with van der Waals surface area (Å²) in [5, 5.41) is 0. The summed E-state index contributed by atoms with van der Waals surface area (Å²) in [5.74, 6) is -0.160. The van der Waals surface area contributed by atoms with Crippen LogP contribution in [-0.2, 0) is 4.79 Å². The summed E-state index contributed by atoms with van der Waals surface area (Å²) in [6.45, 7) is 0.309. The fraction of sp³-hybridized carbons (Fsp3) is 0.368. The van der Waals surface area contributed by atoms with Crippen LogP contribution in [0.2, 0.25) is 0 Å². The van der Waals surface area contributed by atoms with E-state index in [2.05, 4.69) is 4.98 Å². The number of nitrogens with zero attached hydrogens (tertiary/aromatic N) is 3. The SMILES string of the molecule is CN(C(=O)CN(C)[C@@H](c1ccc(F)cc1)c1cccnc1)C1CC1. The molecule has 126 valence electrons. The molecule has 1 atom stereocenters. The number of aromatic nitrogens is 1. The van der Waals surface area contributed by atoms with Gasteiger partial charge in [0.25, 0.3) is 0 Å². The molecule has 4 nitrogen and oxygen atoms in total. The van der Waals surface area contributed by atoms with Crippen LogP contribution in [0.25, 0.3) is 0 Å². The molecule has 0 spiro atoms. The second-order valence-corrected chi connectivity index (χ2v) is 6.39. The summed E-state index contributed by atoms with van der Waals surface area (Å²) < 4.78 is 13.3. The second kappa shape index (κ2) is 7.09. The number of hydrogen-bond acceptors (Lipinski definition) is 3. The number of benzene rings is 1. The van der Waals surface area contributed by atoms with Gasteiger partial charge in [-0.1, -0.05) is 18.2 Å². The lowest BCUT2D eigenvalue weighted by molar-refractivity contribution is -0.131. The summed E-state index contributed by atoms with van der Waals surface area (Å²) in [6.07, 6.45) is 5.70. The van der Waals surface area contributed by atoms with Crippen LogP contribution in [0.5, 0.6) is 0 Å². The molecule has 0 aliphatic heterocycles. The van der Waals surface area contributed by atoms with E-state index in [1.807, 2.05) is 36.0 Å². The van der Waals surface area contributed by atoms with Crippen molar-refractivity contribution in [3.05, 3.63) is 65.7 Å². The summed E-state index contributed by atoms with van der Waals surface area (Å²) in [5.41, 5.74) is 1.92. The number of rotatable bonds is 6. The van der Waals surface area contributed by atoms with Gasteiger partial charge >= 0.3 is 0 Å². The third-order valence-electron chi connectivity index (χ3n) is 4.50. The van der Waals surface area contributed by atoms with Crippen molar-refractivity contribution >= 4 is 5.91 Å². The Balaban J connectivity index is 1.83. The lowest BCUT2D eigenvalue weighted by atomic mass is 9.98. The molecule has 1 aromatic heterocycles. The molecule has 1 aromatic carbocycles. The molecule has 1 aliphatic carbocycles. The average Bonchev–Trinajstić information content (AvgIpc) is 3.42. The highest BCUT2D eigenvalue weighted by atomic mass is 19.1. The molecule has 2 aromatic rings. The molecule has 0 bridgehead atoms. The van der Waals surface area contributed by atoms with E-state index in [9.17, 15) is 9.18 Å². The second-order valence-electron chi connectivity index (χ2n) is 6.39. The van der Waals surface area contributed by atoms with Crippen LogP contribution < -0.4 is 0 Å². The number of halogens is 1. The fourth-order valence-electron chi connectivity index (χ4n) is 2.97. The van der Waals surface area contributed by atoms with Gasteiger partial charge in [0.15, 0.2) is 0 Å². The van der Waals surface area contributed by atoms with Crippen molar-refractivity contribution < 1.29 is 9.18 Å². The minimum atomic E-state index is -0.268. The first-order chi connectivity index (χ1) is 11.6. The Morgan fingerprint density at radius 3 is 2.50 bits per heavy atom. The summed E-state index contributed by atoms with van der Waals surface area (Å²) in [4.78, 5) is 20.5. The molecular weight excluding hydrogens is 305 g/mol. The Bertz CT molecular complexity index is 686. The zero-order valence-corrected chi connectivity index (χ0v) is 14.0. The molecule has 0 saturated heterocycles. The van der Waals surface area contributed by atoms with E-state index in [-0.39, 0.29) is 17.8 Å². The maximum atomic E-state index is 13.3. The van der Waals surface area contributed by atoms with Gasteiger partial charge in [0.05, 0.1) is 12.6 Å². The molecule has 24 heavy (non-hydrogen) atoms. The van der Waals surface area contributed by atoms with Crippen molar-refractivity contribution in [2.45, 2.75) is 24.9 Å². The van der Waals surface area contributed by atoms with Gasteiger partial charge in [-0.05, 0) is 49.2 Å². The number of hydrogen-bond donors (Lipinski definition) is 0. The number of carbonyl (C=O) groups excluding carboxylic acids is 1. The summed E-state index contributed by atoms with van der Waals surface area (Å²) in [7, 11) is 3.78. The van der Waals surface area contributed by atoms with Gasteiger partial charge in [0, 0.05) is 25.5 Å². The number of carbonyl (C=O) groups is 1. The largest absolute Gasteiger partial charge is 0.342 e. The third-order valence-corrected chi connectivity index (χ3v) is 4.50. The molecule has 1 fully saturated rings. The van der Waals surface area contributed by atoms with Crippen molar-refractivity contribution in [1.29, 1.82) is 0 Å². The lowest BCUT2D eigenvalue weighted by Gasteiger charge is -2.30. The first kappa shape index (κ1) is 16.6. The predicted molar refractivity (Wildman–Crippen MR) is 90.9 cm³/mol. The molecule has 1 aliphatic rings. The number of likely N-dealkylation sites (N-methyl/N-ethyl adjacent to an activating group) is 2. The van der Waals surface area contributed by atoms with E-state index in [1.54, 1.807) is 24.5 Å². The van der Waals surface area contributed by atoms with Gasteiger partial charge in [-0.25, -0.2) is 4.39 Å². The fourth-order valence-corrected chi connectivity index (χ4v) is 2.97. The zero-order valence-electron chi connectivity index (χ0n) is 14.0. The first-order valence-electron chi connectivity index (χ1n) is 8.17. The monoisotopic (exact) mass is 327 g/mol. The van der Waals surface area contributed by atoms with E-state index in [0.717, 1.165) is 24.0 Å². The zero-order chi connectivity index (χ0) is 17.1. The standard InChI is InChI=1S/C19H22FN3O/c1-22(13-18(24)23(2)17-9-10-17)19(15-4-3-11-21-12-15)14-5-7-16(20)8-6-14/h3-8,11-12,17,19H,9-10,13H2,1-2H3/t19-/m0/s1. The first-order valence-corrected chi connectivity index (χ1v) is 8.17. The van der Waals surface area contributed by atoms with Crippen molar-refractivity contribution in [3.8, 4) is 0 Å². The molecule has 3 rings (SSSR count). The molecule has 1 heterocycles. The predicted octanol–water partition coefficient (Wildman–Crippen LogP) is 2.86. The Morgan fingerprint density at radius 1 is 1.21 bits per heavy atom. The highest BCUT2D eigenvalue weighted by Crippen LogP contribution is 2.29. The van der Waals surface area contributed by atoms with Gasteiger partial charge in [-0.2, -0.15) is 0 Å². The highest BCUT2D eigenvalue weighted by molar-refractivity contribution is 5.78. The summed E-state index contributed by atoms with van der Waals surface area (Å²) in [6, 6.07) is 10.5. The Hall–Kier alpha value is -2.27. The molecule has 0 unspecified atom stereocenters. The van der Waals surface area contributed by atoms with Crippen LogP contribution in [0.1, 0.15) is 30.0 Å². The van der Waals surface area contributed by atoms with Gasteiger partial charge in [-0.15, -0.1) is 0 Å². The number of amides is 1. The number of pyridine rings is 1.